The van der Waals surface area contributed by atoms with Gasteiger partial charge in [-0.2, -0.15) is 0 Å². The van der Waals surface area contributed by atoms with Crippen LogP contribution in [-0.4, -0.2) is 32.5 Å². The Morgan fingerprint density at radius 1 is 1.00 bits per heavy atom. The molecular formula is C24H22ClIN2O2. The van der Waals surface area contributed by atoms with E-state index in [4.69, 9.17) is 21.1 Å². The summed E-state index contributed by atoms with van der Waals surface area (Å²) in [5.41, 5.74) is 4.27. The van der Waals surface area contributed by atoms with Crippen LogP contribution >= 0.6 is 34.2 Å². The molecule has 0 aromatic heterocycles. The molecule has 1 heterocycles. The highest BCUT2D eigenvalue weighted by molar-refractivity contribution is 14.1. The minimum absolute atomic E-state index is 0.510. The van der Waals surface area contributed by atoms with Crippen LogP contribution < -0.4 is 9.64 Å². The molecule has 0 atom stereocenters. The molecule has 1 aliphatic heterocycles. The lowest BCUT2D eigenvalue weighted by Crippen LogP contribution is -2.36. The van der Waals surface area contributed by atoms with Crippen molar-refractivity contribution in [3.05, 3.63) is 86.4 Å². The Labute approximate surface area is 195 Å². The highest BCUT2D eigenvalue weighted by atomic mass is 127. The Bertz CT molecular complexity index is 1000. The number of ether oxygens (including phenoxy) is 2. The highest BCUT2D eigenvalue weighted by Gasteiger charge is 2.10. The number of anilines is 1. The molecule has 0 saturated carbocycles. The molecule has 154 valence electrons. The number of halogens is 2. The third kappa shape index (κ3) is 5.74. The summed E-state index contributed by atoms with van der Waals surface area (Å²) in [4.78, 5) is 6.95. The SMILES string of the molecule is Clc1ccc(COc2ccc(C=Nc3ccc(N4CCOCC4)cc3)cc2I)cc1. The van der Waals surface area contributed by atoms with Gasteiger partial charge >= 0.3 is 0 Å². The predicted molar refractivity (Wildman–Crippen MR) is 132 cm³/mol. The third-order valence-corrected chi connectivity index (χ3v) is 5.95. The second kappa shape index (κ2) is 10.3. The monoisotopic (exact) mass is 532 g/mol. The smallest absolute Gasteiger partial charge is 0.133 e. The van der Waals surface area contributed by atoms with Crippen molar-refractivity contribution in [3.8, 4) is 5.75 Å². The fourth-order valence-electron chi connectivity index (χ4n) is 3.18. The fraction of sp³-hybridized carbons (Fsp3) is 0.208. The summed E-state index contributed by atoms with van der Waals surface area (Å²) in [6, 6.07) is 22.1. The first kappa shape index (κ1) is 21.2. The summed E-state index contributed by atoms with van der Waals surface area (Å²) < 4.78 is 12.4. The molecule has 3 aromatic rings. The molecule has 3 aromatic carbocycles. The molecular weight excluding hydrogens is 511 g/mol. The van der Waals surface area contributed by atoms with Gasteiger partial charge in [0.1, 0.15) is 12.4 Å². The Hall–Kier alpha value is -2.09. The lowest BCUT2D eigenvalue weighted by molar-refractivity contribution is 0.122. The average molecular weight is 533 g/mol. The Balaban J connectivity index is 1.36. The van der Waals surface area contributed by atoms with Gasteiger partial charge in [0.2, 0.25) is 0 Å². The van der Waals surface area contributed by atoms with Crippen LogP contribution in [0, 0.1) is 3.57 Å². The molecule has 0 N–H and O–H groups in total. The summed E-state index contributed by atoms with van der Waals surface area (Å²) in [5.74, 6) is 0.859. The van der Waals surface area contributed by atoms with Gasteiger partial charge in [-0.15, -0.1) is 0 Å². The van der Waals surface area contributed by atoms with Gasteiger partial charge in [0.05, 0.1) is 22.5 Å². The summed E-state index contributed by atoms with van der Waals surface area (Å²) in [6.07, 6.45) is 1.88. The van der Waals surface area contributed by atoms with Gasteiger partial charge in [0.15, 0.2) is 0 Å². The topological polar surface area (TPSA) is 34.1 Å². The van der Waals surface area contributed by atoms with E-state index in [2.05, 4.69) is 62.8 Å². The lowest BCUT2D eigenvalue weighted by atomic mass is 10.2. The van der Waals surface area contributed by atoms with E-state index in [1.165, 1.54) is 5.69 Å². The molecule has 0 amide bonds. The van der Waals surface area contributed by atoms with E-state index in [0.717, 1.165) is 57.5 Å². The number of hydrogen-bond donors (Lipinski definition) is 0. The van der Waals surface area contributed by atoms with Crippen LogP contribution in [0.5, 0.6) is 5.75 Å². The summed E-state index contributed by atoms with van der Waals surface area (Å²) in [7, 11) is 0. The molecule has 0 bridgehead atoms. The average Bonchev–Trinajstić information content (AvgIpc) is 2.79. The second-order valence-corrected chi connectivity index (χ2v) is 8.58. The standard InChI is InChI=1S/C24H22ClIN2O2/c25-20-4-1-18(2-5-20)17-30-24-10-3-19(15-23(24)26)16-27-21-6-8-22(9-7-21)28-11-13-29-14-12-28/h1-10,15-16H,11-14,17H2. The van der Waals surface area contributed by atoms with Crippen molar-refractivity contribution in [1.29, 1.82) is 0 Å². The van der Waals surface area contributed by atoms with E-state index in [-0.39, 0.29) is 0 Å². The Kier molecular flexibility index (Phi) is 7.25. The number of nitrogens with zero attached hydrogens (tertiary/aromatic N) is 2. The minimum Gasteiger partial charge on any atom is -0.488 e. The zero-order valence-corrected chi connectivity index (χ0v) is 19.3. The van der Waals surface area contributed by atoms with Crippen molar-refractivity contribution in [2.45, 2.75) is 6.61 Å². The van der Waals surface area contributed by atoms with Crippen molar-refractivity contribution in [1.82, 2.24) is 0 Å². The normalized spacial score (nSPS) is 14.3. The first-order valence-electron chi connectivity index (χ1n) is 9.81. The number of morpholine rings is 1. The molecule has 0 radical (unpaired) electrons. The highest BCUT2D eigenvalue weighted by Crippen LogP contribution is 2.24. The number of aliphatic imine (C=N–C) groups is 1. The van der Waals surface area contributed by atoms with Crippen LogP contribution in [0.3, 0.4) is 0 Å². The number of benzene rings is 3. The van der Waals surface area contributed by atoms with E-state index in [9.17, 15) is 0 Å². The van der Waals surface area contributed by atoms with Crippen LogP contribution in [0.4, 0.5) is 11.4 Å². The lowest BCUT2D eigenvalue weighted by Gasteiger charge is -2.28. The summed E-state index contributed by atoms with van der Waals surface area (Å²) >= 11 is 8.22. The van der Waals surface area contributed by atoms with Crippen LogP contribution in [-0.2, 0) is 11.3 Å². The first-order chi connectivity index (χ1) is 14.7. The van der Waals surface area contributed by atoms with Gasteiger partial charge < -0.3 is 14.4 Å². The number of hydrogen-bond acceptors (Lipinski definition) is 4. The zero-order valence-electron chi connectivity index (χ0n) is 16.4. The molecule has 1 aliphatic rings. The minimum atomic E-state index is 0.510. The van der Waals surface area contributed by atoms with E-state index in [1.807, 2.05) is 42.6 Å². The molecule has 30 heavy (non-hydrogen) atoms. The first-order valence-corrected chi connectivity index (χ1v) is 11.3. The van der Waals surface area contributed by atoms with Gasteiger partial charge in [0.25, 0.3) is 0 Å². The Morgan fingerprint density at radius 3 is 2.43 bits per heavy atom. The van der Waals surface area contributed by atoms with Crippen LogP contribution in [0.25, 0.3) is 0 Å². The van der Waals surface area contributed by atoms with Crippen molar-refractivity contribution in [2.24, 2.45) is 4.99 Å². The molecule has 0 aliphatic carbocycles. The largest absolute Gasteiger partial charge is 0.488 e. The quantitative estimate of drug-likeness (QED) is 0.284. The molecule has 0 unspecified atom stereocenters. The van der Waals surface area contributed by atoms with E-state index < -0.39 is 0 Å². The van der Waals surface area contributed by atoms with Crippen LogP contribution in [0.15, 0.2) is 71.7 Å². The summed E-state index contributed by atoms with van der Waals surface area (Å²) in [6.45, 7) is 3.97. The Morgan fingerprint density at radius 2 is 1.73 bits per heavy atom. The molecule has 0 spiro atoms. The van der Waals surface area contributed by atoms with Crippen molar-refractivity contribution >= 4 is 51.8 Å². The maximum Gasteiger partial charge on any atom is 0.133 e. The van der Waals surface area contributed by atoms with Crippen LogP contribution in [0.2, 0.25) is 5.02 Å². The van der Waals surface area contributed by atoms with E-state index >= 15 is 0 Å². The fourth-order valence-corrected chi connectivity index (χ4v) is 4.00. The zero-order chi connectivity index (χ0) is 20.8. The molecule has 4 nitrogen and oxygen atoms in total. The van der Waals surface area contributed by atoms with Crippen molar-refractivity contribution in [3.63, 3.8) is 0 Å². The van der Waals surface area contributed by atoms with E-state index in [0.29, 0.717) is 6.61 Å². The summed E-state index contributed by atoms with van der Waals surface area (Å²) in [5, 5.41) is 0.729. The molecule has 4 rings (SSSR count). The molecule has 1 fully saturated rings. The second-order valence-electron chi connectivity index (χ2n) is 6.98. The van der Waals surface area contributed by atoms with Crippen molar-refractivity contribution < 1.29 is 9.47 Å². The van der Waals surface area contributed by atoms with E-state index in [1.54, 1.807) is 0 Å². The van der Waals surface area contributed by atoms with Gasteiger partial charge in [-0.1, -0.05) is 23.7 Å². The maximum absolute atomic E-state index is 5.94. The van der Waals surface area contributed by atoms with Gasteiger partial charge in [-0.3, -0.25) is 4.99 Å². The molecule has 1 saturated heterocycles. The third-order valence-electron chi connectivity index (χ3n) is 4.85. The maximum atomic E-state index is 5.94. The number of rotatable bonds is 6. The van der Waals surface area contributed by atoms with Gasteiger partial charge in [0, 0.05) is 30.0 Å². The van der Waals surface area contributed by atoms with Crippen LogP contribution in [0.1, 0.15) is 11.1 Å². The molecule has 6 heteroatoms. The van der Waals surface area contributed by atoms with Gasteiger partial charge in [-0.25, -0.2) is 0 Å². The van der Waals surface area contributed by atoms with Crippen molar-refractivity contribution in [2.75, 3.05) is 31.2 Å². The van der Waals surface area contributed by atoms with Gasteiger partial charge in [-0.05, 0) is 88.3 Å². The predicted octanol–water partition coefficient (Wildman–Crippen LogP) is 6.11.